The molecule has 0 radical (unpaired) electrons. The second-order valence-corrected chi connectivity index (χ2v) is 6.16. The zero-order valence-electron chi connectivity index (χ0n) is 14.3. The van der Waals surface area contributed by atoms with Crippen LogP contribution in [0.3, 0.4) is 0 Å². The minimum absolute atomic E-state index is 0.945. The molecule has 0 nitrogen and oxygen atoms in total. The highest BCUT2D eigenvalue weighted by Gasteiger charge is 1.97. The van der Waals surface area contributed by atoms with E-state index in [2.05, 4.69) is 98.5 Å². The van der Waals surface area contributed by atoms with Crippen molar-refractivity contribution in [2.75, 3.05) is 0 Å². The van der Waals surface area contributed by atoms with E-state index in [0.29, 0.717) is 0 Å². The summed E-state index contributed by atoms with van der Waals surface area (Å²) in [5, 5.41) is 0. The van der Waals surface area contributed by atoms with Gasteiger partial charge in [0.05, 0.1) is 0 Å². The zero-order valence-corrected chi connectivity index (χ0v) is 14.3. The Morgan fingerprint density at radius 2 is 1.33 bits per heavy atom. The lowest BCUT2D eigenvalue weighted by Crippen LogP contribution is -1.89. The summed E-state index contributed by atoms with van der Waals surface area (Å²) in [7, 11) is 0. The molecule has 0 heteroatoms. The van der Waals surface area contributed by atoms with E-state index >= 15 is 0 Å². The largest absolute Gasteiger partial charge is 0.0617 e. The average molecular weight is 310 g/mol. The van der Waals surface area contributed by atoms with Gasteiger partial charge in [-0.2, -0.15) is 0 Å². The Morgan fingerprint density at radius 1 is 0.667 bits per heavy atom. The average Bonchev–Trinajstić information content (AvgIpc) is 2.63. The van der Waals surface area contributed by atoms with Gasteiger partial charge in [-0.3, -0.25) is 0 Å². The summed E-state index contributed by atoms with van der Waals surface area (Å²) in [6, 6.07) is 25.7. The van der Waals surface area contributed by atoms with Crippen LogP contribution in [-0.4, -0.2) is 0 Å². The molecule has 3 aromatic carbocycles. The highest BCUT2D eigenvalue weighted by atomic mass is 14.0. The first kappa shape index (κ1) is 16.1. The van der Waals surface area contributed by atoms with E-state index in [9.17, 15) is 0 Å². The van der Waals surface area contributed by atoms with Crippen LogP contribution in [0.15, 0.2) is 72.8 Å². The molecule has 0 aromatic heterocycles. The van der Waals surface area contributed by atoms with Crippen molar-refractivity contribution < 1.29 is 0 Å². The topological polar surface area (TPSA) is 0 Å². The molecule has 0 aliphatic carbocycles. The smallest absolute Gasteiger partial charge is 0.0251 e. The molecule has 0 atom stereocenters. The van der Waals surface area contributed by atoms with Crippen LogP contribution in [0, 0.1) is 18.8 Å². The van der Waals surface area contributed by atoms with E-state index in [1.165, 1.54) is 22.3 Å². The van der Waals surface area contributed by atoms with Gasteiger partial charge in [0.2, 0.25) is 0 Å². The van der Waals surface area contributed by atoms with Crippen LogP contribution in [0.5, 0.6) is 0 Å². The van der Waals surface area contributed by atoms with Crippen molar-refractivity contribution in [2.24, 2.45) is 0 Å². The highest BCUT2D eigenvalue weighted by molar-refractivity contribution is 5.45. The number of rotatable bonds is 3. The van der Waals surface area contributed by atoms with Gasteiger partial charge >= 0.3 is 0 Å². The van der Waals surface area contributed by atoms with Crippen molar-refractivity contribution >= 4 is 0 Å². The molecule has 24 heavy (non-hydrogen) atoms. The van der Waals surface area contributed by atoms with Gasteiger partial charge in [-0.1, -0.05) is 72.9 Å². The Labute approximate surface area is 145 Å². The predicted molar refractivity (Wildman–Crippen MR) is 102 cm³/mol. The second kappa shape index (κ2) is 7.66. The predicted octanol–water partition coefficient (Wildman–Crippen LogP) is 5.55. The summed E-state index contributed by atoms with van der Waals surface area (Å²) in [4.78, 5) is 0. The van der Waals surface area contributed by atoms with Crippen LogP contribution in [0.1, 0.15) is 40.3 Å². The monoisotopic (exact) mass is 310 g/mol. The van der Waals surface area contributed by atoms with Crippen LogP contribution in [0.25, 0.3) is 0 Å². The third-order valence-electron chi connectivity index (χ3n) is 4.17. The zero-order chi connectivity index (χ0) is 16.8. The maximum absolute atomic E-state index is 3.28. The van der Waals surface area contributed by atoms with Gasteiger partial charge in [0.25, 0.3) is 0 Å². The number of benzene rings is 3. The SMILES string of the molecule is CCc1ccc(C#Cc2cccc(Cc3ccc(C)cc3)c2)cc1. The van der Waals surface area contributed by atoms with Gasteiger partial charge in [-0.25, -0.2) is 0 Å². The first-order valence-electron chi connectivity index (χ1n) is 8.48. The van der Waals surface area contributed by atoms with Gasteiger partial charge in [-0.05, 0) is 60.7 Å². The molecule has 0 amide bonds. The fourth-order valence-electron chi connectivity index (χ4n) is 2.67. The molecule has 0 aliphatic heterocycles. The van der Waals surface area contributed by atoms with Crippen LogP contribution in [0.2, 0.25) is 0 Å². The molecule has 3 rings (SSSR count). The van der Waals surface area contributed by atoms with E-state index in [0.717, 1.165) is 24.0 Å². The standard InChI is InChI=1S/C24H22/c1-3-20-11-13-21(14-12-20)15-16-22-5-4-6-24(17-22)18-23-9-7-19(2)8-10-23/h4-14,17H,3,18H2,1-2H3. The number of aryl methyl sites for hydroxylation is 2. The third kappa shape index (κ3) is 4.37. The van der Waals surface area contributed by atoms with Gasteiger partial charge in [0.15, 0.2) is 0 Å². The molecule has 0 fully saturated rings. The summed E-state index contributed by atoms with van der Waals surface area (Å²) in [5.41, 5.74) is 7.41. The summed E-state index contributed by atoms with van der Waals surface area (Å²) >= 11 is 0. The van der Waals surface area contributed by atoms with Crippen molar-refractivity contribution in [3.63, 3.8) is 0 Å². The van der Waals surface area contributed by atoms with E-state index < -0.39 is 0 Å². The molecule has 0 spiro atoms. The molecule has 0 saturated carbocycles. The maximum atomic E-state index is 3.28. The molecule has 118 valence electrons. The lowest BCUT2D eigenvalue weighted by molar-refractivity contribution is 1.14. The molecule has 0 saturated heterocycles. The molecule has 3 aromatic rings. The van der Waals surface area contributed by atoms with Gasteiger partial charge in [-0.15, -0.1) is 0 Å². The van der Waals surface area contributed by atoms with Gasteiger partial charge in [0, 0.05) is 11.1 Å². The lowest BCUT2D eigenvalue weighted by atomic mass is 10.0. The summed E-state index contributed by atoms with van der Waals surface area (Å²) in [6.07, 6.45) is 2.01. The molecule has 0 N–H and O–H groups in total. The Bertz CT molecular complexity index is 856. The Balaban J connectivity index is 1.75. The Morgan fingerprint density at radius 3 is 2.04 bits per heavy atom. The van der Waals surface area contributed by atoms with Crippen molar-refractivity contribution in [3.8, 4) is 11.8 Å². The maximum Gasteiger partial charge on any atom is 0.0251 e. The molecular weight excluding hydrogens is 288 g/mol. The fourth-order valence-corrected chi connectivity index (χ4v) is 2.67. The number of hydrogen-bond acceptors (Lipinski definition) is 0. The minimum Gasteiger partial charge on any atom is -0.0617 e. The van der Waals surface area contributed by atoms with E-state index in [1.807, 2.05) is 0 Å². The van der Waals surface area contributed by atoms with Crippen molar-refractivity contribution in [3.05, 3.63) is 106 Å². The Kier molecular flexibility index (Phi) is 5.14. The van der Waals surface area contributed by atoms with Gasteiger partial charge < -0.3 is 0 Å². The van der Waals surface area contributed by atoms with E-state index in [4.69, 9.17) is 0 Å². The first-order valence-corrected chi connectivity index (χ1v) is 8.48. The van der Waals surface area contributed by atoms with E-state index in [-0.39, 0.29) is 0 Å². The molecular formula is C24H22. The van der Waals surface area contributed by atoms with Crippen LogP contribution in [-0.2, 0) is 12.8 Å². The minimum atomic E-state index is 0.945. The highest BCUT2D eigenvalue weighted by Crippen LogP contribution is 2.12. The van der Waals surface area contributed by atoms with Crippen molar-refractivity contribution in [1.82, 2.24) is 0 Å². The van der Waals surface area contributed by atoms with E-state index in [1.54, 1.807) is 0 Å². The van der Waals surface area contributed by atoms with Crippen LogP contribution < -0.4 is 0 Å². The molecule has 0 bridgehead atoms. The number of hydrogen-bond donors (Lipinski definition) is 0. The van der Waals surface area contributed by atoms with Crippen LogP contribution in [0.4, 0.5) is 0 Å². The lowest BCUT2D eigenvalue weighted by Gasteiger charge is -2.03. The fraction of sp³-hybridized carbons (Fsp3) is 0.167. The second-order valence-electron chi connectivity index (χ2n) is 6.16. The molecule has 0 unspecified atom stereocenters. The van der Waals surface area contributed by atoms with Crippen molar-refractivity contribution in [1.29, 1.82) is 0 Å². The summed E-state index contributed by atoms with van der Waals surface area (Å²) < 4.78 is 0. The quantitative estimate of drug-likeness (QED) is 0.557. The Hall–Kier alpha value is -2.78. The van der Waals surface area contributed by atoms with Crippen molar-refractivity contribution in [2.45, 2.75) is 26.7 Å². The van der Waals surface area contributed by atoms with Crippen LogP contribution >= 0.6 is 0 Å². The third-order valence-corrected chi connectivity index (χ3v) is 4.17. The molecule has 0 aliphatic rings. The first-order chi connectivity index (χ1) is 11.7. The summed E-state index contributed by atoms with van der Waals surface area (Å²) in [6.45, 7) is 4.28. The normalized spacial score (nSPS) is 10.1. The summed E-state index contributed by atoms with van der Waals surface area (Å²) in [5.74, 6) is 6.54. The molecule has 0 heterocycles. The van der Waals surface area contributed by atoms with Gasteiger partial charge in [0.1, 0.15) is 0 Å².